The maximum absolute atomic E-state index is 12.0. The first-order chi connectivity index (χ1) is 10.5. The summed E-state index contributed by atoms with van der Waals surface area (Å²) in [6.07, 6.45) is -0.661. The van der Waals surface area contributed by atoms with Gasteiger partial charge in [0.2, 0.25) is 0 Å². The van der Waals surface area contributed by atoms with Crippen LogP contribution in [0.1, 0.15) is 29.3 Å². The molecule has 0 aliphatic carbocycles. The van der Waals surface area contributed by atoms with E-state index in [-0.39, 0.29) is 13.2 Å². The molecule has 118 valence electrons. The molecule has 22 heavy (non-hydrogen) atoms. The van der Waals surface area contributed by atoms with Crippen LogP contribution in [0.25, 0.3) is 0 Å². The topological polar surface area (TPSA) is 82.1 Å². The molecular weight excluding hydrogens is 290 g/mol. The molecule has 7 nitrogen and oxygen atoms in total. The summed E-state index contributed by atoms with van der Waals surface area (Å²) in [4.78, 5) is 35.7. The summed E-state index contributed by atoms with van der Waals surface area (Å²) in [6, 6.07) is 6.52. The number of methoxy groups -OCH3 is 1. The van der Waals surface area contributed by atoms with Crippen molar-refractivity contribution in [3.8, 4) is 0 Å². The Kier molecular flexibility index (Phi) is 4.98. The molecule has 0 aromatic heterocycles. The molecule has 1 atom stereocenters. The lowest BCUT2D eigenvalue weighted by Gasteiger charge is -2.19. The van der Waals surface area contributed by atoms with Crippen LogP contribution in [0.4, 0.5) is 4.79 Å². The molecule has 1 aliphatic heterocycles. The van der Waals surface area contributed by atoms with Gasteiger partial charge in [-0.3, -0.25) is 9.69 Å². The van der Waals surface area contributed by atoms with Gasteiger partial charge in [0, 0.05) is 6.42 Å². The maximum atomic E-state index is 12.0. The quantitative estimate of drug-likeness (QED) is 0.622. The second-order valence-electron chi connectivity index (χ2n) is 4.72. The van der Waals surface area contributed by atoms with Gasteiger partial charge in [0.05, 0.1) is 12.7 Å². The summed E-state index contributed by atoms with van der Waals surface area (Å²) >= 11 is 0. The Labute approximate surface area is 127 Å². The summed E-state index contributed by atoms with van der Waals surface area (Å²) in [6.45, 7) is 1.76. The van der Waals surface area contributed by atoms with Gasteiger partial charge in [0.1, 0.15) is 13.2 Å². The van der Waals surface area contributed by atoms with E-state index in [1.807, 2.05) is 6.92 Å². The number of hydrogen-bond acceptors (Lipinski definition) is 6. The number of rotatable bonds is 4. The van der Waals surface area contributed by atoms with Crippen molar-refractivity contribution in [3.05, 3.63) is 35.4 Å². The molecule has 0 N–H and O–H groups in total. The Morgan fingerprint density at radius 2 is 2.00 bits per heavy atom. The highest BCUT2D eigenvalue weighted by Crippen LogP contribution is 2.16. The van der Waals surface area contributed by atoms with Gasteiger partial charge in [0.25, 0.3) is 0 Å². The minimum atomic E-state index is -0.602. The van der Waals surface area contributed by atoms with E-state index in [1.165, 1.54) is 12.0 Å². The third kappa shape index (κ3) is 3.55. The molecule has 1 amide bonds. The highest BCUT2D eigenvalue weighted by molar-refractivity contribution is 5.89. The second kappa shape index (κ2) is 6.93. The number of nitrogens with zero attached hydrogens (tertiary/aromatic N) is 1. The number of benzene rings is 1. The van der Waals surface area contributed by atoms with Gasteiger partial charge in [-0.1, -0.05) is 19.1 Å². The van der Waals surface area contributed by atoms with Gasteiger partial charge < -0.3 is 14.2 Å². The fourth-order valence-electron chi connectivity index (χ4n) is 2.06. The van der Waals surface area contributed by atoms with Crippen LogP contribution in [-0.4, -0.2) is 42.8 Å². The number of cyclic esters (lactones) is 1. The molecule has 1 aliphatic rings. The fraction of sp³-hybridized carbons (Fsp3) is 0.400. The number of amides is 1. The second-order valence-corrected chi connectivity index (χ2v) is 4.72. The van der Waals surface area contributed by atoms with Gasteiger partial charge in [-0.15, -0.1) is 0 Å². The largest absolute Gasteiger partial charge is 0.465 e. The first-order valence-electron chi connectivity index (χ1n) is 6.85. The molecule has 0 bridgehead atoms. The molecule has 0 radical (unpaired) electrons. The third-order valence-corrected chi connectivity index (χ3v) is 3.24. The van der Waals surface area contributed by atoms with Crippen LogP contribution < -0.4 is 0 Å². The third-order valence-electron chi connectivity index (χ3n) is 3.24. The molecule has 1 heterocycles. The van der Waals surface area contributed by atoms with E-state index in [2.05, 4.69) is 4.74 Å². The Bertz CT molecular complexity index is 568. The van der Waals surface area contributed by atoms with E-state index in [1.54, 1.807) is 24.3 Å². The summed E-state index contributed by atoms with van der Waals surface area (Å²) in [5.74, 6) is -0.867. The smallest absolute Gasteiger partial charge is 0.413 e. The fourth-order valence-corrected chi connectivity index (χ4v) is 2.06. The zero-order chi connectivity index (χ0) is 16.1. The zero-order valence-electron chi connectivity index (χ0n) is 12.4. The first kappa shape index (κ1) is 15.8. The summed E-state index contributed by atoms with van der Waals surface area (Å²) < 4.78 is 14.7. The first-order valence-corrected chi connectivity index (χ1v) is 6.85. The zero-order valence-corrected chi connectivity index (χ0v) is 12.4. The van der Waals surface area contributed by atoms with E-state index in [9.17, 15) is 14.4 Å². The monoisotopic (exact) mass is 307 g/mol. The Balaban J connectivity index is 1.91. The molecule has 1 unspecified atom stereocenters. The van der Waals surface area contributed by atoms with Gasteiger partial charge in [-0.25, -0.2) is 9.59 Å². The molecule has 0 saturated carbocycles. The van der Waals surface area contributed by atoms with Gasteiger partial charge in [-0.2, -0.15) is 0 Å². The Morgan fingerprint density at radius 3 is 2.59 bits per heavy atom. The number of carbonyl (C=O) groups is 3. The maximum Gasteiger partial charge on any atom is 0.413 e. The van der Waals surface area contributed by atoms with E-state index in [0.717, 1.165) is 5.56 Å². The predicted molar refractivity (Wildman–Crippen MR) is 74.8 cm³/mol. The normalized spacial score (nSPS) is 17.1. The molecule has 1 aromatic carbocycles. The van der Waals surface area contributed by atoms with E-state index >= 15 is 0 Å². The lowest BCUT2D eigenvalue weighted by atomic mass is 10.1. The van der Waals surface area contributed by atoms with Crippen molar-refractivity contribution < 1.29 is 28.6 Å². The number of ether oxygens (including phenoxy) is 3. The highest BCUT2D eigenvalue weighted by atomic mass is 16.6. The van der Waals surface area contributed by atoms with Crippen LogP contribution >= 0.6 is 0 Å². The molecule has 7 heteroatoms. The van der Waals surface area contributed by atoms with Crippen molar-refractivity contribution in [2.75, 3.05) is 13.7 Å². The van der Waals surface area contributed by atoms with Crippen LogP contribution in [0.15, 0.2) is 24.3 Å². The lowest BCUT2D eigenvalue weighted by Crippen LogP contribution is -2.36. The standard InChI is InChI=1S/C15H17NO6/c1-3-12-16(8-13(17)22-12)15(19)21-9-10-4-6-11(7-5-10)14(18)20-2/h4-7,12H,3,8-9H2,1-2H3. The van der Waals surface area contributed by atoms with Gasteiger partial charge in [-0.05, 0) is 17.7 Å². The summed E-state index contributed by atoms with van der Waals surface area (Å²) in [7, 11) is 1.31. The van der Waals surface area contributed by atoms with E-state index in [0.29, 0.717) is 12.0 Å². The average Bonchev–Trinajstić information content (AvgIpc) is 2.93. The number of esters is 2. The van der Waals surface area contributed by atoms with Crippen molar-refractivity contribution in [1.29, 1.82) is 0 Å². The lowest BCUT2D eigenvalue weighted by molar-refractivity contribution is -0.141. The number of hydrogen-bond donors (Lipinski definition) is 0. The van der Waals surface area contributed by atoms with Crippen molar-refractivity contribution >= 4 is 18.0 Å². The summed E-state index contributed by atoms with van der Waals surface area (Å²) in [5, 5.41) is 0. The molecule has 2 rings (SSSR count). The number of carbonyl (C=O) groups excluding carboxylic acids is 3. The molecule has 1 saturated heterocycles. The van der Waals surface area contributed by atoms with Crippen molar-refractivity contribution in [3.63, 3.8) is 0 Å². The molecule has 1 fully saturated rings. The molecule has 1 aromatic rings. The molecule has 0 spiro atoms. The minimum absolute atomic E-state index is 0.0431. The van der Waals surface area contributed by atoms with E-state index < -0.39 is 24.3 Å². The van der Waals surface area contributed by atoms with Crippen LogP contribution in [0.3, 0.4) is 0 Å². The van der Waals surface area contributed by atoms with Crippen LogP contribution in [0.5, 0.6) is 0 Å². The van der Waals surface area contributed by atoms with Crippen LogP contribution in [-0.2, 0) is 25.6 Å². The van der Waals surface area contributed by atoms with Gasteiger partial charge >= 0.3 is 18.0 Å². The van der Waals surface area contributed by atoms with E-state index in [4.69, 9.17) is 9.47 Å². The Hall–Kier alpha value is -2.57. The Morgan fingerprint density at radius 1 is 1.32 bits per heavy atom. The van der Waals surface area contributed by atoms with Crippen LogP contribution in [0.2, 0.25) is 0 Å². The molecular formula is C15H17NO6. The van der Waals surface area contributed by atoms with Gasteiger partial charge in [0.15, 0.2) is 6.23 Å². The highest BCUT2D eigenvalue weighted by Gasteiger charge is 2.35. The minimum Gasteiger partial charge on any atom is -0.465 e. The van der Waals surface area contributed by atoms with Crippen LogP contribution in [0, 0.1) is 0 Å². The van der Waals surface area contributed by atoms with Crippen molar-refractivity contribution in [2.45, 2.75) is 26.2 Å². The summed E-state index contributed by atoms with van der Waals surface area (Å²) in [5.41, 5.74) is 1.14. The van der Waals surface area contributed by atoms with Crippen molar-refractivity contribution in [1.82, 2.24) is 4.90 Å². The predicted octanol–water partition coefficient (Wildman–Crippen LogP) is 1.70. The SMILES string of the molecule is CCC1OC(=O)CN1C(=O)OCc1ccc(C(=O)OC)cc1. The average molecular weight is 307 g/mol. The van der Waals surface area contributed by atoms with Crippen molar-refractivity contribution in [2.24, 2.45) is 0 Å².